The fourth-order valence-electron chi connectivity index (χ4n) is 0.214. The molecule has 0 unspecified atom stereocenters. The van der Waals surface area contributed by atoms with Gasteiger partial charge in [-0.3, -0.25) is 0 Å². The summed E-state index contributed by atoms with van der Waals surface area (Å²) >= 11 is 0. The average Bonchev–Trinajstić information content (AvgIpc) is 1.87. The molecule has 0 aliphatic rings. The number of hydrogen-bond donors (Lipinski definition) is 1. The maximum atomic E-state index is 11.7. The number of alkyl halides is 5. The minimum absolute atomic E-state index is 2.71. The van der Waals surface area contributed by atoms with Crippen LogP contribution in [0.2, 0.25) is 0 Å². The van der Waals surface area contributed by atoms with E-state index in [1.165, 1.54) is 0 Å². The smallest absolute Gasteiger partial charge is 0.244 e. The molecule has 0 saturated carbocycles. The van der Waals surface area contributed by atoms with E-state index in [4.69, 9.17) is 0 Å². The van der Waals surface area contributed by atoms with Crippen molar-refractivity contribution in [1.29, 1.82) is 0 Å². The highest BCUT2D eigenvalue weighted by Crippen LogP contribution is 2.34. The normalized spacial score (nSPS) is 14.0. The summed E-state index contributed by atoms with van der Waals surface area (Å²) < 4.78 is 76.9. The summed E-state index contributed by atoms with van der Waals surface area (Å²) in [4.78, 5) is 0. The van der Waals surface area contributed by atoms with Gasteiger partial charge in [-0.05, 0) is 0 Å². The first-order valence-electron chi connectivity index (χ1n) is 2.22. The van der Waals surface area contributed by atoms with Gasteiger partial charge in [0.15, 0.2) is 6.67 Å². The second-order valence-corrected chi connectivity index (χ2v) is 2.71. The zero-order valence-electron chi connectivity index (χ0n) is 4.86. The van der Waals surface area contributed by atoms with Crippen LogP contribution in [0.25, 0.3) is 0 Å². The Morgan fingerprint density at radius 2 is 1.45 bits per heavy atom. The summed E-state index contributed by atoms with van der Waals surface area (Å²) in [7, 11) is -4.66. The van der Waals surface area contributed by atoms with E-state index in [9.17, 15) is 30.4 Å². The van der Waals surface area contributed by atoms with Crippen molar-refractivity contribution in [2.75, 3.05) is 6.67 Å². The van der Waals surface area contributed by atoms with E-state index in [1.54, 1.807) is 0 Å². The van der Waals surface area contributed by atoms with Crippen LogP contribution in [-0.4, -0.2) is 26.3 Å². The molecule has 0 bridgehead atoms. The van der Waals surface area contributed by atoms with Crippen molar-refractivity contribution in [2.45, 2.75) is 11.2 Å². The van der Waals surface area contributed by atoms with Crippen LogP contribution in [0.1, 0.15) is 0 Å². The summed E-state index contributed by atoms with van der Waals surface area (Å²) in [6, 6.07) is 0. The van der Waals surface area contributed by atoms with Crippen molar-refractivity contribution in [3.05, 3.63) is 0 Å². The highest BCUT2D eigenvalue weighted by molar-refractivity contribution is 7.73. The Hall–Kier alpha value is -0.400. The Balaban J connectivity index is 4.82. The largest absolute Gasteiger partial charge is 0.407 e. The molecule has 11 heavy (non-hydrogen) atoms. The summed E-state index contributed by atoms with van der Waals surface area (Å²) in [5.74, 6) is -5.14. The fourth-order valence-corrected chi connectivity index (χ4v) is 0.541. The molecule has 0 atom stereocenters. The van der Waals surface area contributed by atoms with Gasteiger partial charge in [0.25, 0.3) is 0 Å². The van der Waals surface area contributed by atoms with Crippen LogP contribution in [0.5, 0.6) is 0 Å². The minimum Gasteiger partial charge on any atom is -0.244 e. The second-order valence-electron chi connectivity index (χ2n) is 1.64. The van der Waals surface area contributed by atoms with Crippen LogP contribution < -0.4 is 0 Å². The van der Waals surface area contributed by atoms with Gasteiger partial charge in [0.05, 0.1) is 0 Å². The fraction of sp³-hybridized carbons (Fsp3) is 1.00. The maximum Gasteiger partial charge on any atom is 0.407 e. The van der Waals surface area contributed by atoms with E-state index in [0.29, 0.717) is 0 Å². The first kappa shape index (κ1) is 10.6. The van der Waals surface area contributed by atoms with Gasteiger partial charge in [0.1, 0.15) is 0 Å². The molecule has 68 valence electrons. The molecule has 8 heteroatoms. The van der Waals surface area contributed by atoms with Crippen molar-refractivity contribution in [3.63, 3.8) is 0 Å². The molecule has 0 heterocycles. The minimum atomic E-state index is -5.31. The van der Waals surface area contributed by atoms with E-state index < -0.39 is 28.6 Å². The molecule has 0 aliphatic heterocycles. The highest BCUT2D eigenvalue weighted by Gasteiger charge is 2.59. The van der Waals surface area contributed by atoms with E-state index in [1.807, 2.05) is 0 Å². The highest BCUT2D eigenvalue weighted by atomic mass is 32.2. The Bertz CT molecular complexity index is 202. The number of rotatable bonds is 3. The van der Waals surface area contributed by atoms with E-state index >= 15 is 0 Å². The molecular weight excluding hydrogens is 195 g/mol. The van der Waals surface area contributed by atoms with Crippen LogP contribution in [0, 0.1) is 0 Å². The summed E-state index contributed by atoms with van der Waals surface area (Å²) in [5.41, 5.74) is 0. The molecule has 0 aromatic carbocycles. The molecule has 0 aromatic heterocycles. The van der Waals surface area contributed by atoms with Gasteiger partial charge in [-0.15, -0.1) is 0 Å². The monoisotopic (exact) mass is 198 g/mol. The lowest BCUT2D eigenvalue weighted by molar-refractivity contribution is -0.164. The number of thiol groups is 1. The summed E-state index contributed by atoms with van der Waals surface area (Å²) in [6.07, 6.45) is 0. The Kier molecular flexibility index (Phi) is 2.81. The molecule has 0 aromatic rings. The quantitative estimate of drug-likeness (QED) is 0.537. The summed E-state index contributed by atoms with van der Waals surface area (Å²) in [6.45, 7) is -2.71. The Morgan fingerprint density at radius 3 is 1.55 bits per heavy atom. The van der Waals surface area contributed by atoms with Crippen LogP contribution in [0.3, 0.4) is 0 Å². The van der Waals surface area contributed by atoms with Crippen LogP contribution >= 0.6 is 0 Å². The van der Waals surface area contributed by atoms with E-state index in [-0.39, 0.29) is 0 Å². The lowest BCUT2D eigenvalue weighted by Crippen LogP contribution is -2.43. The van der Waals surface area contributed by atoms with Gasteiger partial charge in [0.2, 0.25) is 10.7 Å². The predicted octanol–water partition coefficient (Wildman–Crippen LogP) is 0.795. The first-order chi connectivity index (χ1) is 4.75. The van der Waals surface area contributed by atoms with E-state index in [0.717, 1.165) is 0 Å². The Morgan fingerprint density at radius 1 is 1.09 bits per heavy atom. The molecule has 0 saturated heterocycles. The maximum absolute atomic E-state index is 11.7. The third kappa shape index (κ3) is 1.79. The molecule has 0 N–H and O–H groups in total. The zero-order valence-corrected chi connectivity index (χ0v) is 5.76. The molecule has 0 aliphatic carbocycles. The molecule has 2 nitrogen and oxygen atoms in total. The third-order valence-electron chi connectivity index (χ3n) is 0.837. The number of hydrogen-bond acceptors (Lipinski definition) is 2. The predicted molar refractivity (Wildman–Crippen MR) is 26.2 cm³/mol. The topological polar surface area (TPSA) is 34.1 Å². The van der Waals surface area contributed by atoms with Gasteiger partial charge in [-0.25, -0.2) is 12.8 Å². The van der Waals surface area contributed by atoms with Crippen molar-refractivity contribution in [2.24, 2.45) is 0 Å². The molecular formula is C3H3F5O2S. The molecule has 0 fully saturated rings. The lowest BCUT2D eigenvalue weighted by Gasteiger charge is -2.17. The van der Waals surface area contributed by atoms with Crippen LogP contribution in [-0.2, 0) is 10.7 Å². The van der Waals surface area contributed by atoms with Crippen molar-refractivity contribution < 1.29 is 30.4 Å². The number of halogens is 5. The molecule has 0 radical (unpaired) electrons. The zero-order chi connectivity index (χ0) is 9.28. The van der Waals surface area contributed by atoms with E-state index in [2.05, 4.69) is 0 Å². The van der Waals surface area contributed by atoms with Gasteiger partial charge < -0.3 is 0 Å². The first-order valence-corrected chi connectivity index (χ1v) is 3.39. The average molecular weight is 198 g/mol. The molecule has 0 amide bonds. The van der Waals surface area contributed by atoms with Crippen molar-refractivity contribution >= 4 is 10.7 Å². The van der Waals surface area contributed by atoms with Crippen LogP contribution in [0.4, 0.5) is 22.0 Å². The lowest BCUT2D eigenvalue weighted by atomic mass is 10.4. The Labute approximate surface area is 60.0 Å². The third-order valence-corrected chi connectivity index (χ3v) is 1.62. The summed E-state index contributed by atoms with van der Waals surface area (Å²) in [5, 5.41) is -5.31. The van der Waals surface area contributed by atoms with Crippen molar-refractivity contribution in [3.8, 4) is 0 Å². The van der Waals surface area contributed by atoms with Crippen LogP contribution in [0.15, 0.2) is 0 Å². The van der Waals surface area contributed by atoms with Gasteiger partial charge in [0, 0.05) is 0 Å². The van der Waals surface area contributed by atoms with Gasteiger partial charge in [-0.1, -0.05) is 0 Å². The molecule has 0 rings (SSSR count). The van der Waals surface area contributed by atoms with Gasteiger partial charge >= 0.3 is 11.2 Å². The molecule has 0 spiro atoms. The standard InChI is InChI=1S/C3H3F5O2S/c4-1-2(5,6)3(7,8)11(9)10/h11H,1H2. The second kappa shape index (κ2) is 2.92. The van der Waals surface area contributed by atoms with Gasteiger partial charge in [-0.2, -0.15) is 17.6 Å². The SMILES string of the molecule is O=[SH](=O)C(F)(F)C(F)(F)CF. The van der Waals surface area contributed by atoms with Crippen molar-refractivity contribution in [1.82, 2.24) is 0 Å².